The van der Waals surface area contributed by atoms with E-state index in [2.05, 4.69) is 5.32 Å². The van der Waals surface area contributed by atoms with Crippen molar-refractivity contribution in [2.75, 3.05) is 39.2 Å². The molecular weight excluding hydrogens is 334 g/mol. The monoisotopic (exact) mass is 355 g/mol. The van der Waals surface area contributed by atoms with Crippen molar-refractivity contribution in [3.63, 3.8) is 0 Å². The maximum absolute atomic E-state index is 12.3. The molecule has 0 aliphatic carbocycles. The highest BCUT2D eigenvalue weighted by Gasteiger charge is 2.24. The number of nitrogens with zero attached hydrogens (tertiary/aromatic N) is 1. The molecular formula is C16H22ClN3O4. The minimum atomic E-state index is -0.267. The van der Waals surface area contributed by atoms with Crippen LogP contribution in [0.3, 0.4) is 0 Å². The van der Waals surface area contributed by atoms with Gasteiger partial charge in [0, 0.05) is 12.0 Å². The minimum absolute atomic E-state index is 0.0928. The first-order chi connectivity index (χ1) is 11.4. The number of benzene rings is 1. The fourth-order valence-electron chi connectivity index (χ4n) is 2.73. The van der Waals surface area contributed by atoms with E-state index < -0.39 is 0 Å². The van der Waals surface area contributed by atoms with Gasteiger partial charge in [-0.15, -0.1) is 0 Å². The number of nitrogens with one attached hydrogen (secondary N) is 1. The van der Waals surface area contributed by atoms with Gasteiger partial charge < -0.3 is 20.5 Å². The van der Waals surface area contributed by atoms with Gasteiger partial charge in [0.1, 0.15) is 11.5 Å². The molecule has 0 radical (unpaired) electrons. The molecule has 0 unspecified atom stereocenters. The van der Waals surface area contributed by atoms with Gasteiger partial charge in [-0.05, 0) is 32.0 Å². The zero-order valence-electron chi connectivity index (χ0n) is 13.8. The number of ether oxygens (including phenoxy) is 2. The van der Waals surface area contributed by atoms with Crippen molar-refractivity contribution in [2.24, 2.45) is 11.7 Å². The molecule has 2 amide bonds. The Hall–Kier alpha value is -1.99. The number of hydrogen-bond donors (Lipinski definition) is 2. The Morgan fingerprint density at radius 1 is 1.25 bits per heavy atom. The van der Waals surface area contributed by atoms with Crippen LogP contribution in [0.25, 0.3) is 0 Å². The van der Waals surface area contributed by atoms with Crippen molar-refractivity contribution < 1.29 is 19.1 Å². The number of nitrogens with two attached hydrogens (primary N) is 1. The molecule has 0 atom stereocenters. The summed E-state index contributed by atoms with van der Waals surface area (Å²) in [4.78, 5) is 25.4. The zero-order chi connectivity index (χ0) is 17.7. The van der Waals surface area contributed by atoms with Crippen LogP contribution in [-0.4, -0.2) is 50.6 Å². The van der Waals surface area contributed by atoms with E-state index in [0.717, 1.165) is 0 Å². The smallest absolute Gasteiger partial charge is 0.238 e. The highest BCUT2D eigenvalue weighted by Crippen LogP contribution is 2.35. The standard InChI is InChI=1S/C16H22ClN3O4/c1-23-13-8-14(24-2)12(7-11(13)17)19-15(21)9-20-5-3-10(4-6-20)16(18)22/h7-8,10H,3-6,9H2,1-2H3,(H2,18,22)(H,19,21). The molecule has 0 spiro atoms. The summed E-state index contributed by atoms with van der Waals surface area (Å²) in [5.74, 6) is 0.408. The average molecular weight is 356 g/mol. The number of rotatable bonds is 6. The molecule has 7 nitrogen and oxygen atoms in total. The Kier molecular flexibility index (Phi) is 6.28. The van der Waals surface area contributed by atoms with Gasteiger partial charge >= 0.3 is 0 Å². The number of amides is 2. The molecule has 1 fully saturated rings. The number of anilines is 1. The number of likely N-dealkylation sites (tertiary alicyclic amines) is 1. The number of methoxy groups -OCH3 is 2. The number of piperidine rings is 1. The molecule has 1 saturated heterocycles. The van der Waals surface area contributed by atoms with Gasteiger partial charge in [-0.2, -0.15) is 0 Å². The fourth-order valence-corrected chi connectivity index (χ4v) is 2.97. The lowest BCUT2D eigenvalue weighted by Crippen LogP contribution is -2.42. The molecule has 0 bridgehead atoms. The number of halogens is 1. The number of primary amides is 1. The van der Waals surface area contributed by atoms with Crippen molar-refractivity contribution in [3.05, 3.63) is 17.2 Å². The third-order valence-electron chi connectivity index (χ3n) is 4.11. The molecule has 1 aromatic rings. The van der Waals surface area contributed by atoms with E-state index >= 15 is 0 Å². The van der Waals surface area contributed by atoms with E-state index in [1.54, 1.807) is 12.1 Å². The average Bonchev–Trinajstić information content (AvgIpc) is 2.55. The number of carbonyl (C=O) groups is 2. The van der Waals surface area contributed by atoms with Crippen molar-refractivity contribution in [1.82, 2.24) is 4.90 Å². The Labute approximate surface area is 146 Å². The Balaban J connectivity index is 1.95. The van der Waals surface area contributed by atoms with Gasteiger partial charge in [0.2, 0.25) is 11.8 Å². The van der Waals surface area contributed by atoms with Crippen molar-refractivity contribution in [2.45, 2.75) is 12.8 Å². The third kappa shape index (κ3) is 4.52. The molecule has 2 rings (SSSR count). The Morgan fingerprint density at radius 3 is 2.42 bits per heavy atom. The summed E-state index contributed by atoms with van der Waals surface area (Å²) in [5.41, 5.74) is 5.80. The summed E-state index contributed by atoms with van der Waals surface area (Å²) < 4.78 is 10.4. The summed E-state index contributed by atoms with van der Waals surface area (Å²) in [6.07, 6.45) is 1.36. The molecule has 1 heterocycles. The van der Waals surface area contributed by atoms with Gasteiger partial charge in [-0.1, -0.05) is 11.6 Å². The number of carbonyl (C=O) groups excluding carboxylic acids is 2. The molecule has 1 aromatic carbocycles. The molecule has 3 N–H and O–H groups in total. The Bertz CT molecular complexity index is 616. The zero-order valence-corrected chi connectivity index (χ0v) is 14.6. The summed E-state index contributed by atoms with van der Waals surface area (Å²) in [7, 11) is 3.02. The van der Waals surface area contributed by atoms with E-state index in [4.69, 9.17) is 26.8 Å². The quantitative estimate of drug-likeness (QED) is 0.806. The third-order valence-corrected chi connectivity index (χ3v) is 4.40. The van der Waals surface area contributed by atoms with Gasteiger partial charge in [0.25, 0.3) is 0 Å². The highest BCUT2D eigenvalue weighted by molar-refractivity contribution is 6.32. The molecule has 0 aromatic heterocycles. The van der Waals surface area contributed by atoms with Gasteiger partial charge in [-0.25, -0.2) is 0 Å². The van der Waals surface area contributed by atoms with Gasteiger partial charge in [0.05, 0.1) is 31.5 Å². The lowest BCUT2D eigenvalue weighted by atomic mass is 9.96. The van der Waals surface area contributed by atoms with Crippen LogP contribution < -0.4 is 20.5 Å². The first-order valence-corrected chi connectivity index (χ1v) is 8.05. The maximum atomic E-state index is 12.3. The van der Waals surface area contributed by atoms with E-state index in [-0.39, 0.29) is 24.3 Å². The first-order valence-electron chi connectivity index (χ1n) is 7.67. The lowest BCUT2D eigenvalue weighted by Gasteiger charge is -2.29. The normalized spacial score (nSPS) is 15.8. The van der Waals surface area contributed by atoms with E-state index in [1.807, 2.05) is 4.90 Å². The largest absolute Gasteiger partial charge is 0.495 e. The van der Waals surface area contributed by atoms with Crippen LogP contribution in [0.5, 0.6) is 11.5 Å². The van der Waals surface area contributed by atoms with E-state index in [1.165, 1.54) is 14.2 Å². The summed E-state index contributed by atoms with van der Waals surface area (Å²) in [6, 6.07) is 3.22. The van der Waals surface area contributed by atoms with Crippen LogP contribution >= 0.6 is 11.6 Å². The maximum Gasteiger partial charge on any atom is 0.238 e. The van der Waals surface area contributed by atoms with Crippen LogP contribution in [0.4, 0.5) is 5.69 Å². The predicted octanol–water partition coefficient (Wildman–Crippen LogP) is 1.49. The van der Waals surface area contributed by atoms with Gasteiger partial charge in [0.15, 0.2) is 0 Å². The second-order valence-electron chi connectivity index (χ2n) is 5.69. The van der Waals surface area contributed by atoms with Crippen LogP contribution in [0.2, 0.25) is 5.02 Å². The molecule has 132 valence electrons. The summed E-state index contributed by atoms with van der Waals surface area (Å²) >= 11 is 6.09. The fraction of sp³-hybridized carbons (Fsp3) is 0.500. The first kappa shape index (κ1) is 18.4. The molecule has 24 heavy (non-hydrogen) atoms. The SMILES string of the molecule is COc1cc(OC)c(NC(=O)CN2CCC(C(N)=O)CC2)cc1Cl. The summed E-state index contributed by atoms with van der Waals surface area (Å²) in [6.45, 7) is 1.57. The van der Waals surface area contributed by atoms with Gasteiger partial charge in [-0.3, -0.25) is 14.5 Å². The summed E-state index contributed by atoms with van der Waals surface area (Å²) in [5, 5.41) is 3.18. The van der Waals surface area contributed by atoms with Crippen LogP contribution in [-0.2, 0) is 9.59 Å². The van der Waals surface area contributed by atoms with Crippen molar-refractivity contribution in [3.8, 4) is 11.5 Å². The molecule has 0 saturated carbocycles. The van der Waals surface area contributed by atoms with Crippen molar-refractivity contribution >= 4 is 29.1 Å². The van der Waals surface area contributed by atoms with Crippen LogP contribution in [0, 0.1) is 5.92 Å². The van der Waals surface area contributed by atoms with Crippen LogP contribution in [0.15, 0.2) is 12.1 Å². The minimum Gasteiger partial charge on any atom is -0.495 e. The molecule has 1 aliphatic rings. The van der Waals surface area contributed by atoms with Crippen molar-refractivity contribution in [1.29, 1.82) is 0 Å². The Morgan fingerprint density at radius 2 is 1.88 bits per heavy atom. The number of hydrogen-bond acceptors (Lipinski definition) is 5. The van der Waals surface area contributed by atoms with E-state index in [0.29, 0.717) is 48.1 Å². The lowest BCUT2D eigenvalue weighted by molar-refractivity contribution is -0.123. The van der Waals surface area contributed by atoms with E-state index in [9.17, 15) is 9.59 Å². The topological polar surface area (TPSA) is 93.9 Å². The highest BCUT2D eigenvalue weighted by atomic mass is 35.5. The molecule has 8 heteroatoms. The van der Waals surface area contributed by atoms with Crippen LogP contribution in [0.1, 0.15) is 12.8 Å². The second kappa shape index (κ2) is 8.21. The molecule has 1 aliphatic heterocycles. The second-order valence-corrected chi connectivity index (χ2v) is 6.10. The predicted molar refractivity (Wildman–Crippen MR) is 91.5 cm³/mol.